The van der Waals surface area contributed by atoms with Gasteiger partial charge in [0.2, 0.25) is 0 Å². The Labute approximate surface area is 118 Å². The van der Waals surface area contributed by atoms with Gasteiger partial charge in [-0.25, -0.2) is 0 Å². The first-order valence-electron chi connectivity index (χ1n) is 7.39. The predicted octanol–water partition coefficient (Wildman–Crippen LogP) is 3.52. The minimum Gasteiger partial charge on any atom is -0.397 e. The van der Waals surface area contributed by atoms with Crippen LogP contribution in [0.25, 0.3) is 0 Å². The SMILES string of the molecule is Nc1ccsc1C(=O)N(CC1CCCCC1)C1CC1. The van der Waals surface area contributed by atoms with Gasteiger partial charge in [-0.05, 0) is 43.0 Å². The minimum atomic E-state index is 0.167. The predicted molar refractivity (Wildman–Crippen MR) is 79.4 cm³/mol. The Kier molecular flexibility index (Phi) is 3.78. The summed E-state index contributed by atoms with van der Waals surface area (Å²) >= 11 is 1.48. The van der Waals surface area contributed by atoms with Crippen molar-refractivity contribution in [2.24, 2.45) is 5.92 Å². The Morgan fingerprint density at radius 2 is 2.00 bits per heavy atom. The molecule has 1 amide bonds. The fourth-order valence-corrected chi connectivity index (χ4v) is 3.83. The quantitative estimate of drug-likeness (QED) is 0.916. The van der Waals surface area contributed by atoms with Crippen molar-refractivity contribution in [3.05, 3.63) is 16.3 Å². The number of thiophene rings is 1. The van der Waals surface area contributed by atoms with Crippen molar-refractivity contribution >= 4 is 22.9 Å². The smallest absolute Gasteiger partial charge is 0.266 e. The van der Waals surface area contributed by atoms with E-state index in [0.29, 0.717) is 17.6 Å². The molecule has 3 nitrogen and oxygen atoms in total. The van der Waals surface area contributed by atoms with Crippen LogP contribution in [0.4, 0.5) is 5.69 Å². The second-order valence-corrected chi connectivity index (χ2v) is 6.81. The molecule has 2 N–H and O–H groups in total. The highest BCUT2D eigenvalue weighted by Crippen LogP contribution is 2.34. The summed E-state index contributed by atoms with van der Waals surface area (Å²) in [5.41, 5.74) is 6.54. The average molecular weight is 278 g/mol. The van der Waals surface area contributed by atoms with Crippen LogP contribution < -0.4 is 5.73 Å². The normalized spacial score (nSPS) is 20.4. The van der Waals surface area contributed by atoms with E-state index in [0.717, 1.165) is 11.4 Å². The standard InChI is InChI=1S/C15H22N2OS/c16-13-8-9-19-14(13)15(18)17(12-6-7-12)10-11-4-2-1-3-5-11/h8-9,11-12H,1-7,10,16H2. The molecule has 4 heteroatoms. The Bertz CT molecular complexity index is 447. The lowest BCUT2D eigenvalue weighted by atomic mass is 9.89. The Morgan fingerprint density at radius 3 is 2.58 bits per heavy atom. The summed E-state index contributed by atoms with van der Waals surface area (Å²) < 4.78 is 0. The highest BCUT2D eigenvalue weighted by Gasteiger charge is 2.35. The van der Waals surface area contributed by atoms with Crippen LogP contribution in [0.5, 0.6) is 0 Å². The second kappa shape index (κ2) is 5.53. The number of hydrogen-bond acceptors (Lipinski definition) is 3. The topological polar surface area (TPSA) is 46.3 Å². The molecule has 3 rings (SSSR count). The maximum atomic E-state index is 12.6. The van der Waals surface area contributed by atoms with Crippen LogP contribution in [0.1, 0.15) is 54.6 Å². The lowest BCUT2D eigenvalue weighted by molar-refractivity contribution is 0.0705. The molecule has 0 aliphatic heterocycles. The third-order valence-corrected chi connectivity index (χ3v) is 5.24. The van der Waals surface area contributed by atoms with Gasteiger partial charge in [0, 0.05) is 12.6 Å². The number of nitrogen functional groups attached to an aromatic ring is 1. The van der Waals surface area contributed by atoms with E-state index in [-0.39, 0.29) is 5.91 Å². The number of nitrogens with zero attached hydrogens (tertiary/aromatic N) is 1. The van der Waals surface area contributed by atoms with E-state index < -0.39 is 0 Å². The summed E-state index contributed by atoms with van der Waals surface area (Å²) in [6, 6.07) is 2.32. The average Bonchev–Trinajstić information content (AvgIpc) is 3.18. The molecule has 0 spiro atoms. The maximum Gasteiger partial charge on any atom is 0.266 e. The molecule has 0 bridgehead atoms. The number of hydrogen-bond donors (Lipinski definition) is 1. The van der Waals surface area contributed by atoms with E-state index in [1.807, 2.05) is 11.4 Å². The van der Waals surface area contributed by atoms with Gasteiger partial charge in [-0.1, -0.05) is 19.3 Å². The third-order valence-electron chi connectivity index (χ3n) is 4.32. The van der Waals surface area contributed by atoms with Gasteiger partial charge in [0.25, 0.3) is 5.91 Å². The summed E-state index contributed by atoms with van der Waals surface area (Å²) in [6.45, 7) is 0.945. The molecular weight excluding hydrogens is 256 g/mol. The summed E-state index contributed by atoms with van der Waals surface area (Å²) in [5.74, 6) is 0.875. The number of amides is 1. The van der Waals surface area contributed by atoms with Gasteiger partial charge in [0.15, 0.2) is 0 Å². The zero-order valence-electron chi connectivity index (χ0n) is 11.3. The Morgan fingerprint density at radius 1 is 1.26 bits per heavy atom. The fraction of sp³-hybridized carbons (Fsp3) is 0.667. The first kappa shape index (κ1) is 13.0. The molecule has 0 atom stereocenters. The van der Waals surface area contributed by atoms with Crippen LogP contribution in [-0.2, 0) is 0 Å². The zero-order valence-corrected chi connectivity index (χ0v) is 12.1. The van der Waals surface area contributed by atoms with E-state index in [1.54, 1.807) is 0 Å². The van der Waals surface area contributed by atoms with Crippen LogP contribution in [-0.4, -0.2) is 23.4 Å². The summed E-state index contributed by atoms with van der Waals surface area (Å²) in [5, 5.41) is 1.91. The number of carbonyl (C=O) groups excluding carboxylic acids is 1. The van der Waals surface area contributed by atoms with Crippen LogP contribution in [0, 0.1) is 5.92 Å². The van der Waals surface area contributed by atoms with Crippen LogP contribution >= 0.6 is 11.3 Å². The van der Waals surface area contributed by atoms with Gasteiger partial charge in [-0.15, -0.1) is 11.3 Å². The van der Waals surface area contributed by atoms with Gasteiger partial charge in [-0.2, -0.15) is 0 Å². The molecule has 0 aromatic carbocycles. The lowest BCUT2D eigenvalue weighted by Gasteiger charge is -2.29. The van der Waals surface area contributed by atoms with Crippen molar-refractivity contribution in [2.45, 2.75) is 51.0 Å². The largest absolute Gasteiger partial charge is 0.397 e. The number of carbonyl (C=O) groups is 1. The first-order valence-corrected chi connectivity index (χ1v) is 8.27. The van der Waals surface area contributed by atoms with E-state index in [4.69, 9.17) is 5.73 Å². The zero-order chi connectivity index (χ0) is 13.2. The molecule has 2 aliphatic rings. The molecular formula is C15H22N2OS. The summed E-state index contributed by atoms with van der Waals surface area (Å²) in [6.07, 6.45) is 8.95. The Balaban J connectivity index is 1.70. The molecule has 2 aliphatic carbocycles. The molecule has 2 fully saturated rings. The molecule has 1 aromatic rings. The van der Waals surface area contributed by atoms with Crippen molar-refractivity contribution in [3.63, 3.8) is 0 Å². The monoisotopic (exact) mass is 278 g/mol. The van der Waals surface area contributed by atoms with Crippen molar-refractivity contribution in [2.75, 3.05) is 12.3 Å². The van der Waals surface area contributed by atoms with Gasteiger partial charge in [0.1, 0.15) is 4.88 Å². The van der Waals surface area contributed by atoms with Crippen molar-refractivity contribution in [1.82, 2.24) is 4.90 Å². The lowest BCUT2D eigenvalue weighted by Crippen LogP contribution is -2.37. The second-order valence-electron chi connectivity index (χ2n) is 5.90. The highest BCUT2D eigenvalue weighted by molar-refractivity contribution is 7.12. The molecule has 104 valence electrons. The van der Waals surface area contributed by atoms with E-state index in [1.165, 1.54) is 56.3 Å². The molecule has 0 saturated heterocycles. The van der Waals surface area contributed by atoms with E-state index >= 15 is 0 Å². The van der Waals surface area contributed by atoms with Gasteiger partial charge < -0.3 is 10.6 Å². The summed E-state index contributed by atoms with van der Waals surface area (Å²) in [4.78, 5) is 15.5. The molecule has 1 aromatic heterocycles. The molecule has 0 unspecified atom stereocenters. The van der Waals surface area contributed by atoms with Crippen LogP contribution in [0.15, 0.2) is 11.4 Å². The fourth-order valence-electron chi connectivity index (χ4n) is 3.06. The molecule has 19 heavy (non-hydrogen) atoms. The van der Waals surface area contributed by atoms with Gasteiger partial charge in [-0.3, -0.25) is 4.79 Å². The minimum absolute atomic E-state index is 0.167. The van der Waals surface area contributed by atoms with Crippen molar-refractivity contribution < 1.29 is 4.79 Å². The van der Waals surface area contributed by atoms with Crippen LogP contribution in [0.2, 0.25) is 0 Å². The first-order chi connectivity index (χ1) is 9.25. The van der Waals surface area contributed by atoms with E-state index in [2.05, 4.69) is 4.90 Å². The molecule has 1 heterocycles. The van der Waals surface area contributed by atoms with Crippen molar-refractivity contribution in [3.8, 4) is 0 Å². The molecule has 0 radical (unpaired) electrons. The van der Waals surface area contributed by atoms with Gasteiger partial charge >= 0.3 is 0 Å². The maximum absolute atomic E-state index is 12.6. The van der Waals surface area contributed by atoms with Crippen LogP contribution in [0.3, 0.4) is 0 Å². The highest BCUT2D eigenvalue weighted by atomic mass is 32.1. The summed E-state index contributed by atoms with van der Waals surface area (Å²) in [7, 11) is 0. The number of anilines is 1. The molecule has 2 saturated carbocycles. The Hall–Kier alpha value is -1.03. The number of nitrogens with two attached hydrogens (primary N) is 1. The third kappa shape index (κ3) is 2.94. The number of rotatable bonds is 4. The van der Waals surface area contributed by atoms with Gasteiger partial charge in [0.05, 0.1) is 5.69 Å². The van der Waals surface area contributed by atoms with Crippen molar-refractivity contribution in [1.29, 1.82) is 0 Å². The van der Waals surface area contributed by atoms with E-state index in [9.17, 15) is 4.79 Å².